The molecule has 0 aliphatic carbocycles. The van der Waals surface area contributed by atoms with Crippen LogP contribution in [0.5, 0.6) is 0 Å². The highest BCUT2D eigenvalue weighted by Crippen LogP contribution is 2.16. The number of hydrogen-bond donors (Lipinski definition) is 1. The number of carbonyl (C=O) groups is 1. The number of carbonyl (C=O) groups excluding carboxylic acids is 1. The molecule has 28 heavy (non-hydrogen) atoms. The van der Waals surface area contributed by atoms with Gasteiger partial charge in [-0.05, 0) is 30.3 Å². The molecule has 140 valence electrons. The molecule has 0 radical (unpaired) electrons. The standard InChI is InChI=1S/C22H21N5O/c1-27(14-11-19-9-4-5-12-24-19)21-18(8-6-13-25-21)16-26-22(28)20-10-3-2-7-17(20)15-23/h2-10,12-13H,11,14,16H2,1H3,(H,26,28). The average Bonchev–Trinajstić information content (AvgIpc) is 2.76. The zero-order valence-corrected chi connectivity index (χ0v) is 15.7. The maximum atomic E-state index is 12.5. The van der Waals surface area contributed by atoms with E-state index >= 15 is 0 Å². The van der Waals surface area contributed by atoms with Gasteiger partial charge in [0.05, 0.1) is 17.2 Å². The lowest BCUT2D eigenvalue weighted by Gasteiger charge is -2.21. The van der Waals surface area contributed by atoms with Gasteiger partial charge in [0, 0.05) is 50.2 Å². The van der Waals surface area contributed by atoms with Crippen molar-refractivity contribution >= 4 is 11.7 Å². The summed E-state index contributed by atoms with van der Waals surface area (Å²) in [6.45, 7) is 1.09. The van der Waals surface area contributed by atoms with Crippen molar-refractivity contribution in [2.24, 2.45) is 0 Å². The van der Waals surface area contributed by atoms with Crippen molar-refractivity contribution in [2.45, 2.75) is 13.0 Å². The molecule has 6 heteroatoms. The zero-order valence-electron chi connectivity index (χ0n) is 15.7. The summed E-state index contributed by atoms with van der Waals surface area (Å²) < 4.78 is 0. The van der Waals surface area contributed by atoms with Crippen LogP contribution in [0.3, 0.4) is 0 Å². The topological polar surface area (TPSA) is 81.9 Å². The van der Waals surface area contributed by atoms with Gasteiger partial charge in [0.2, 0.25) is 0 Å². The lowest BCUT2D eigenvalue weighted by molar-refractivity contribution is 0.0950. The summed E-state index contributed by atoms with van der Waals surface area (Å²) in [6, 6.07) is 18.5. The smallest absolute Gasteiger partial charge is 0.252 e. The maximum Gasteiger partial charge on any atom is 0.252 e. The number of nitriles is 1. The zero-order chi connectivity index (χ0) is 19.8. The van der Waals surface area contributed by atoms with Crippen LogP contribution in [0, 0.1) is 11.3 Å². The molecule has 0 fully saturated rings. The fourth-order valence-corrected chi connectivity index (χ4v) is 2.90. The Kier molecular flexibility index (Phi) is 6.32. The number of benzene rings is 1. The lowest BCUT2D eigenvalue weighted by atomic mass is 10.1. The Morgan fingerprint density at radius 3 is 2.64 bits per heavy atom. The Hall–Kier alpha value is -3.72. The van der Waals surface area contributed by atoms with Crippen LogP contribution in [-0.2, 0) is 13.0 Å². The Morgan fingerprint density at radius 1 is 1.07 bits per heavy atom. The highest BCUT2D eigenvalue weighted by atomic mass is 16.1. The second-order valence-electron chi connectivity index (χ2n) is 6.32. The van der Waals surface area contributed by atoms with Crippen LogP contribution in [0.25, 0.3) is 0 Å². The molecular formula is C22H21N5O. The molecule has 0 saturated heterocycles. The summed E-state index contributed by atoms with van der Waals surface area (Å²) in [6.07, 6.45) is 4.33. The fraction of sp³-hybridized carbons (Fsp3) is 0.182. The number of likely N-dealkylation sites (N-methyl/N-ethyl adjacent to an activating group) is 1. The first-order valence-corrected chi connectivity index (χ1v) is 9.01. The highest BCUT2D eigenvalue weighted by molar-refractivity contribution is 5.96. The summed E-state index contributed by atoms with van der Waals surface area (Å²) in [5.41, 5.74) is 2.67. The summed E-state index contributed by atoms with van der Waals surface area (Å²) in [7, 11) is 1.97. The molecule has 1 N–H and O–H groups in total. The van der Waals surface area contributed by atoms with Gasteiger partial charge >= 0.3 is 0 Å². The summed E-state index contributed by atoms with van der Waals surface area (Å²) in [5.74, 6) is 0.537. The van der Waals surface area contributed by atoms with Crippen molar-refractivity contribution in [3.05, 3.63) is 89.4 Å². The number of pyridine rings is 2. The van der Waals surface area contributed by atoms with E-state index in [4.69, 9.17) is 0 Å². The van der Waals surface area contributed by atoms with Gasteiger partial charge in [0.25, 0.3) is 5.91 Å². The predicted molar refractivity (Wildman–Crippen MR) is 108 cm³/mol. The van der Waals surface area contributed by atoms with Gasteiger partial charge in [-0.25, -0.2) is 4.98 Å². The van der Waals surface area contributed by atoms with Crippen LogP contribution in [0.15, 0.2) is 67.0 Å². The van der Waals surface area contributed by atoms with Crippen LogP contribution in [0.4, 0.5) is 5.82 Å². The maximum absolute atomic E-state index is 12.5. The van der Waals surface area contributed by atoms with Gasteiger partial charge in [-0.2, -0.15) is 5.26 Å². The number of aromatic nitrogens is 2. The van der Waals surface area contributed by atoms with E-state index in [2.05, 4.69) is 20.2 Å². The van der Waals surface area contributed by atoms with Crippen molar-refractivity contribution in [3.8, 4) is 6.07 Å². The molecule has 2 heterocycles. The van der Waals surface area contributed by atoms with Crippen molar-refractivity contribution in [1.29, 1.82) is 5.26 Å². The minimum Gasteiger partial charge on any atom is -0.359 e. The molecule has 0 unspecified atom stereocenters. The fourth-order valence-electron chi connectivity index (χ4n) is 2.90. The number of anilines is 1. The molecule has 0 aliphatic heterocycles. The van der Waals surface area contributed by atoms with Crippen LogP contribution in [0.1, 0.15) is 27.2 Å². The molecular weight excluding hydrogens is 350 g/mol. The minimum atomic E-state index is -0.275. The van der Waals surface area contributed by atoms with Crippen LogP contribution in [0.2, 0.25) is 0 Å². The molecule has 3 rings (SSSR count). The van der Waals surface area contributed by atoms with E-state index in [-0.39, 0.29) is 5.91 Å². The summed E-state index contributed by atoms with van der Waals surface area (Å²) in [5, 5.41) is 12.1. The van der Waals surface area contributed by atoms with Crippen molar-refractivity contribution in [2.75, 3.05) is 18.5 Å². The van der Waals surface area contributed by atoms with E-state index < -0.39 is 0 Å². The first-order chi connectivity index (χ1) is 13.7. The number of hydrogen-bond acceptors (Lipinski definition) is 5. The monoisotopic (exact) mass is 371 g/mol. The third-order valence-electron chi connectivity index (χ3n) is 4.39. The van der Waals surface area contributed by atoms with E-state index in [1.54, 1.807) is 36.7 Å². The van der Waals surface area contributed by atoms with Crippen LogP contribution < -0.4 is 10.2 Å². The Labute approximate surface area is 164 Å². The molecule has 1 amide bonds. The van der Waals surface area contributed by atoms with Crippen LogP contribution >= 0.6 is 0 Å². The van der Waals surface area contributed by atoms with Gasteiger partial charge in [0.15, 0.2) is 0 Å². The second kappa shape index (κ2) is 9.28. The second-order valence-corrected chi connectivity index (χ2v) is 6.32. The third-order valence-corrected chi connectivity index (χ3v) is 4.39. The Balaban J connectivity index is 1.66. The highest BCUT2D eigenvalue weighted by Gasteiger charge is 2.13. The quantitative estimate of drug-likeness (QED) is 0.690. The number of nitrogens with one attached hydrogen (secondary N) is 1. The van der Waals surface area contributed by atoms with Gasteiger partial charge in [-0.1, -0.05) is 24.3 Å². The molecule has 0 bridgehead atoms. The molecule has 0 atom stereocenters. The molecule has 0 spiro atoms. The van der Waals surface area contributed by atoms with Crippen molar-refractivity contribution < 1.29 is 4.79 Å². The molecule has 3 aromatic rings. The first kappa shape index (κ1) is 19.1. The van der Waals surface area contributed by atoms with E-state index in [1.807, 2.05) is 43.4 Å². The molecule has 6 nitrogen and oxygen atoms in total. The largest absolute Gasteiger partial charge is 0.359 e. The Bertz CT molecular complexity index is 981. The normalized spacial score (nSPS) is 10.1. The summed E-state index contributed by atoms with van der Waals surface area (Å²) in [4.78, 5) is 23.4. The van der Waals surface area contributed by atoms with Gasteiger partial charge in [-0.15, -0.1) is 0 Å². The average molecular weight is 371 g/mol. The van der Waals surface area contributed by atoms with Gasteiger partial charge < -0.3 is 10.2 Å². The van der Waals surface area contributed by atoms with Gasteiger partial charge in [0.1, 0.15) is 5.82 Å². The van der Waals surface area contributed by atoms with Crippen LogP contribution in [-0.4, -0.2) is 29.5 Å². The molecule has 0 aliphatic rings. The Morgan fingerprint density at radius 2 is 1.86 bits per heavy atom. The SMILES string of the molecule is CN(CCc1ccccn1)c1ncccc1CNC(=O)c1ccccc1C#N. The third kappa shape index (κ3) is 4.71. The number of amides is 1. The van der Waals surface area contributed by atoms with Crippen molar-refractivity contribution in [1.82, 2.24) is 15.3 Å². The van der Waals surface area contributed by atoms with Gasteiger partial charge in [-0.3, -0.25) is 9.78 Å². The van der Waals surface area contributed by atoms with E-state index in [0.717, 1.165) is 30.0 Å². The van der Waals surface area contributed by atoms with E-state index in [0.29, 0.717) is 17.7 Å². The minimum absolute atomic E-state index is 0.275. The summed E-state index contributed by atoms with van der Waals surface area (Å²) >= 11 is 0. The number of nitrogens with zero attached hydrogens (tertiary/aromatic N) is 4. The molecule has 2 aromatic heterocycles. The molecule has 0 saturated carbocycles. The number of rotatable bonds is 7. The van der Waals surface area contributed by atoms with E-state index in [1.165, 1.54) is 0 Å². The first-order valence-electron chi connectivity index (χ1n) is 9.01. The lowest BCUT2D eigenvalue weighted by Crippen LogP contribution is -2.27. The predicted octanol–water partition coefficient (Wildman–Crippen LogP) is 2.96. The van der Waals surface area contributed by atoms with Crippen molar-refractivity contribution in [3.63, 3.8) is 0 Å². The molecule has 1 aromatic carbocycles. The van der Waals surface area contributed by atoms with E-state index in [9.17, 15) is 10.1 Å².